The Morgan fingerprint density at radius 3 is 2.07 bits per heavy atom. The zero-order valence-electron chi connectivity index (χ0n) is 24.0. The molecule has 1 fully saturated rings. The number of aromatic nitrogens is 1. The Hall–Kier alpha value is -4.15. The van der Waals surface area contributed by atoms with Gasteiger partial charge in [-0.15, -0.1) is 13.2 Å². The highest BCUT2D eigenvalue weighted by Crippen LogP contribution is 2.31. The zero-order chi connectivity index (χ0) is 33.4. The summed E-state index contributed by atoms with van der Waals surface area (Å²) in [5, 5.41) is 9.58. The lowest BCUT2D eigenvalue weighted by Crippen LogP contribution is -2.59. The molecular weight excluding hydrogens is 627 g/mol. The van der Waals surface area contributed by atoms with E-state index < -0.39 is 45.0 Å². The van der Waals surface area contributed by atoms with Crippen LogP contribution in [0.2, 0.25) is 0 Å². The Balaban J connectivity index is 0.000000355. The van der Waals surface area contributed by atoms with Crippen molar-refractivity contribution in [1.82, 2.24) is 14.2 Å². The summed E-state index contributed by atoms with van der Waals surface area (Å²) < 4.78 is 93.4. The molecule has 1 atom stereocenters. The van der Waals surface area contributed by atoms with Gasteiger partial charge in [-0.05, 0) is 47.5 Å². The van der Waals surface area contributed by atoms with E-state index in [1.807, 2.05) is 0 Å². The van der Waals surface area contributed by atoms with Crippen molar-refractivity contribution in [1.29, 1.82) is 0 Å². The highest BCUT2D eigenvalue weighted by molar-refractivity contribution is 7.89. The topological polar surface area (TPSA) is 143 Å². The predicted molar refractivity (Wildman–Crippen MR) is 151 cm³/mol. The maximum absolute atomic E-state index is 13.1. The molecule has 3 aromatic rings. The van der Waals surface area contributed by atoms with Gasteiger partial charge in [0.1, 0.15) is 11.8 Å². The van der Waals surface area contributed by atoms with Gasteiger partial charge in [0, 0.05) is 50.6 Å². The molecule has 1 saturated heterocycles. The van der Waals surface area contributed by atoms with Crippen LogP contribution in [0.15, 0.2) is 78.0 Å². The van der Waals surface area contributed by atoms with E-state index in [2.05, 4.69) is 9.72 Å². The molecule has 0 radical (unpaired) electrons. The molecular formula is C29H31F5N4O6S. The number of hydrogen-bond acceptors (Lipinski definition) is 7. The van der Waals surface area contributed by atoms with Gasteiger partial charge in [-0.25, -0.2) is 17.2 Å². The number of halogens is 5. The van der Waals surface area contributed by atoms with Gasteiger partial charge in [0.25, 0.3) is 5.92 Å². The van der Waals surface area contributed by atoms with Crippen molar-refractivity contribution in [3.63, 3.8) is 0 Å². The molecule has 10 nitrogen and oxygen atoms in total. The van der Waals surface area contributed by atoms with E-state index in [0.29, 0.717) is 12.1 Å². The van der Waals surface area contributed by atoms with Crippen molar-refractivity contribution in [3.8, 4) is 5.75 Å². The number of carboxylic acids is 1. The van der Waals surface area contributed by atoms with E-state index in [9.17, 15) is 45.1 Å². The lowest BCUT2D eigenvalue weighted by molar-refractivity contribution is -0.274. The Morgan fingerprint density at radius 2 is 1.56 bits per heavy atom. The molecule has 2 aromatic carbocycles. The SMILES string of the molecule is CCC(F)(F)c1ccc(CN)cc1.O=C(O)[C@H]1CN(C(=O)Cc2ccncc2)CCN1S(=O)(=O)c1ccc(OC(F)(F)F)cc1. The van der Waals surface area contributed by atoms with E-state index in [4.69, 9.17) is 5.73 Å². The number of carbonyl (C=O) groups excluding carboxylic acids is 1. The summed E-state index contributed by atoms with van der Waals surface area (Å²) in [6.07, 6.45) is -2.08. The summed E-state index contributed by atoms with van der Waals surface area (Å²) in [6, 6.07) is 11.3. The first-order chi connectivity index (χ1) is 21.1. The number of pyridine rings is 1. The molecule has 1 aromatic heterocycles. The minimum absolute atomic E-state index is 0.00226. The minimum atomic E-state index is -4.94. The first kappa shape index (κ1) is 35.3. The number of hydrogen-bond donors (Lipinski definition) is 2. The predicted octanol–water partition coefficient (Wildman–Crippen LogP) is 4.16. The molecule has 16 heteroatoms. The van der Waals surface area contributed by atoms with Crippen LogP contribution in [0, 0.1) is 0 Å². The van der Waals surface area contributed by atoms with Crippen molar-refractivity contribution in [2.45, 2.75) is 49.5 Å². The fraction of sp³-hybridized carbons (Fsp3) is 0.345. The van der Waals surface area contributed by atoms with E-state index in [1.165, 1.54) is 36.4 Å². The molecule has 2 heterocycles. The number of aliphatic carboxylic acids is 1. The number of ether oxygens (including phenoxy) is 1. The molecule has 1 aliphatic rings. The van der Waals surface area contributed by atoms with Gasteiger partial charge in [-0.1, -0.05) is 31.2 Å². The van der Waals surface area contributed by atoms with Crippen molar-refractivity contribution >= 4 is 21.9 Å². The first-order valence-electron chi connectivity index (χ1n) is 13.5. The van der Waals surface area contributed by atoms with E-state index in [-0.39, 0.29) is 43.9 Å². The summed E-state index contributed by atoms with van der Waals surface area (Å²) in [5.41, 5.74) is 6.96. The molecule has 0 aliphatic carbocycles. The van der Waals surface area contributed by atoms with E-state index >= 15 is 0 Å². The number of carbonyl (C=O) groups is 2. The Morgan fingerprint density at radius 1 is 0.956 bits per heavy atom. The number of rotatable bonds is 9. The van der Waals surface area contributed by atoms with Gasteiger partial charge < -0.3 is 20.5 Å². The van der Waals surface area contributed by atoms with Crippen molar-refractivity contribution in [2.24, 2.45) is 5.73 Å². The standard InChI is InChI=1S/C19H18F3N3O6S.C10H13F2N/c20-19(21,22)31-14-1-3-15(4-2-14)32(29,30)25-10-9-24(12-16(25)18(27)28)17(26)11-13-5-7-23-8-6-13;1-2-10(11,12)9-5-3-8(7-13)4-6-9/h1-8,16H,9-12H2,(H,27,28);3-6H,2,7,13H2,1H3/t16-;/m1./s1. The van der Waals surface area contributed by atoms with Crippen LogP contribution < -0.4 is 10.5 Å². The lowest BCUT2D eigenvalue weighted by Gasteiger charge is -2.38. The van der Waals surface area contributed by atoms with Gasteiger partial charge in [0.2, 0.25) is 15.9 Å². The van der Waals surface area contributed by atoms with Gasteiger partial charge >= 0.3 is 12.3 Å². The largest absolute Gasteiger partial charge is 0.573 e. The Labute approximate surface area is 256 Å². The third kappa shape index (κ3) is 9.67. The average Bonchev–Trinajstić information content (AvgIpc) is 3.01. The molecule has 0 spiro atoms. The third-order valence-corrected chi connectivity index (χ3v) is 8.72. The maximum Gasteiger partial charge on any atom is 0.573 e. The van der Waals surface area contributed by atoms with Crippen LogP contribution in [0.1, 0.15) is 30.0 Å². The number of benzene rings is 2. The average molecular weight is 659 g/mol. The summed E-state index contributed by atoms with van der Waals surface area (Å²) in [6.45, 7) is 1.16. The van der Waals surface area contributed by atoms with Crippen LogP contribution in [0.4, 0.5) is 22.0 Å². The fourth-order valence-electron chi connectivity index (χ4n) is 4.31. The molecule has 0 unspecified atom stereocenters. The molecule has 0 saturated carbocycles. The lowest BCUT2D eigenvalue weighted by atomic mass is 10.0. The highest BCUT2D eigenvalue weighted by Gasteiger charge is 2.41. The minimum Gasteiger partial charge on any atom is -0.480 e. The summed E-state index contributed by atoms with van der Waals surface area (Å²) in [5.74, 6) is -5.15. The Bertz CT molecular complexity index is 1540. The fourth-order valence-corrected chi connectivity index (χ4v) is 5.87. The van der Waals surface area contributed by atoms with Crippen LogP contribution in [0.5, 0.6) is 5.75 Å². The second-order valence-corrected chi connectivity index (χ2v) is 11.7. The number of carboxylic acid groups (broad SMARTS) is 1. The van der Waals surface area contributed by atoms with E-state index in [1.54, 1.807) is 24.3 Å². The Kier molecular flexibility index (Phi) is 11.6. The molecule has 244 valence electrons. The number of nitrogens with zero attached hydrogens (tertiary/aromatic N) is 3. The van der Waals surface area contributed by atoms with Crippen molar-refractivity contribution in [2.75, 3.05) is 19.6 Å². The van der Waals surface area contributed by atoms with Crippen LogP contribution in [-0.4, -0.2) is 71.6 Å². The molecule has 1 aliphatic heterocycles. The first-order valence-corrected chi connectivity index (χ1v) is 15.0. The van der Waals surface area contributed by atoms with Gasteiger partial charge in [0.15, 0.2) is 0 Å². The normalized spacial score (nSPS) is 16.0. The van der Waals surface area contributed by atoms with Crippen molar-refractivity contribution in [3.05, 3.63) is 89.7 Å². The smallest absolute Gasteiger partial charge is 0.480 e. The number of sulfonamides is 1. The summed E-state index contributed by atoms with van der Waals surface area (Å²) >= 11 is 0. The monoisotopic (exact) mass is 658 g/mol. The third-order valence-electron chi connectivity index (χ3n) is 6.79. The highest BCUT2D eigenvalue weighted by atomic mass is 32.2. The quantitative estimate of drug-likeness (QED) is 0.327. The molecule has 0 bridgehead atoms. The maximum atomic E-state index is 13.1. The number of piperazine rings is 1. The second-order valence-electron chi connectivity index (χ2n) is 9.82. The summed E-state index contributed by atoms with van der Waals surface area (Å²) in [4.78, 5) is 29.1. The van der Waals surface area contributed by atoms with Gasteiger partial charge in [-0.3, -0.25) is 14.6 Å². The molecule has 45 heavy (non-hydrogen) atoms. The van der Waals surface area contributed by atoms with Crippen LogP contribution in [0.25, 0.3) is 0 Å². The molecule has 3 N–H and O–H groups in total. The van der Waals surface area contributed by atoms with Crippen LogP contribution in [-0.2, 0) is 38.5 Å². The second kappa shape index (κ2) is 14.8. The summed E-state index contributed by atoms with van der Waals surface area (Å²) in [7, 11) is -4.36. The molecule has 1 amide bonds. The number of nitrogens with two attached hydrogens (primary N) is 1. The van der Waals surface area contributed by atoms with Crippen LogP contribution >= 0.6 is 0 Å². The van der Waals surface area contributed by atoms with E-state index in [0.717, 1.165) is 34.1 Å². The van der Waals surface area contributed by atoms with Gasteiger partial charge in [0.05, 0.1) is 11.3 Å². The van der Waals surface area contributed by atoms with Crippen LogP contribution in [0.3, 0.4) is 0 Å². The zero-order valence-corrected chi connectivity index (χ0v) is 24.8. The molecule has 4 rings (SSSR count). The number of alkyl halides is 5. The number of amides is 1. The van der Waals surface area contributed by atoms with Crippen molar-refractivity contribution < 1.29 is 49.8 Å². The van der Waals surface area contributed by atoms with Gasteiger partial charge in [-0.2, -0.15) is 4.31 Å².